The van der Waals surface area contributed by atoms with Gasteiger partial charge in [-0.2, -0.15) is 0 Å². The zero-order valence-corrected chi connectivity index (χ0v) is 19.2. The van der Waals surface area contributed by atoms with Crippen LogP contribution in [0.15, 0.2) is 65.5 Å². The number of benzene rings is 3. The van der Waals surface area contributed by atoms with Crippen LogP contribution >= 0.6 is 11.6 Å². The number of nitrogens with one attached hydrogen (secondary N) is 1. The summed E-state index contributed by atoms with van der Waals surface area (Å²) >= 11 is 6.08. The summed E-state index contributed by atoms with van der Waals surface area (Å²) in [6.07, 6.45) is 0. The van der Waals surface area contributed by atoms with Gasteiger partial charge in [0.1, 0.15) is 18.0 Å². The molecule has 1 heterocycles. The number of amides is 1. The maximum atomic E-state index is 12.8. The highest BCUT2D eigenvalue weighted by molar-refractivity contribution is 6.32. The lowest BCUT2D eigenvalue weighted by molar-refractivity contribution is -0.147. The molecular formula is C25H21ClN2O6. The zero-order valence-electron chi connectivity index (χ0n) is 18.5. The van der Waals surface area contributed by atoms with Gasteiger partial charge in [-0.3, -0.25) is 14.4 Å². The number of esters is 1. The van der Waals surface area contributed by atoms with Gasteiger partial charge in [-0.15, -0.1) is 0 Å². The van der Waals surface area contributed by atoms with E-state index in [1.165, 1.54) is 26.4 Å². The summed E-state index contributed by atoms with van der Waals surface area (Å²) < 4.78 is 17.3. The molecule has 174 valence electrons. The van der Waals surface area contributed by atoms with E-state index in [4.69, 9.17) is 25.8 Å². The monoisotopic (exact) mass is 480 g/mol. The summed E-state index contributed by atoms with van der Waals surface area (Å²) in [7, 11) is 2.89. The maximum absolute atomic E-state index is 12.8. The minimum atomic E-state index is -0.630. The Balaban J connectivity index is 1.52. The van der Waals surface area contributed by atoms with Gasteiger partial charge in [0.2, 0.25) is 0 Å². The molecule has 4 aromatic rings. The molecule has 0 radical (unpaired) electrons. The van der Waals surface area contributed by atoms with Crippen molar-refractivity contribution in [2.75, 3.05) is 26.1 Å². The van der Waals surface area contributed by atoms with E-state index < -0.39 is 18.5 Å². The second-order valence-electron chi connectivity index (χ2n) is 7.35. The fraction of sp³-hybridized carbons (Fsp3) is 0.160. The van der Waals surface area contributed by atoms with Gasteiger partial charge in [0, 0.05) is 22.9 Å². The molecule has 3 aromatic carbocycles. The number of methoxy groups -OCH3 is 2. The predicted molar refractivity (Wildman–Crippen MR) is 130 cm³/mol. The van der Waals surface area contributed by atoms with Crippen LogP contribution in [0.5, 0.6) is 11.5 Å². The average Bonchev–Trinajstić information content (AvgIpc) is 2.86. The van der Waals surface area contributed by atoms with Crippen molar-refractivity contribution in [1.82, 2.24) is 4.57 Å². The fourth-order valence-electron chi connectivity index (χ4n) is 3.71. The van der Waals surface area contributed by atoms with E-state index in [0.717, 1.165) is 0 Å². The van der Waals surface area contributed by atoms with Crippen molar-refractivity contribution in [1.29, 1.82) is 0 Å². The lowest BCUT2D eigenvalue weighted by Gasteiger charge is -2.15. The third-order valence-electron chi connectivity index (χ3n) is 5.28. The maximum Gasteiger partial charge on any atom is 0.326 e. The van der Waals surface area contributed by atoms with E-state index in [-0.39, 0.29) is 12.0 Å². The van der Waals surface area contributed by atoms with Gasteiger partial charge in [-0.05, 0) is 24.3 Å². The van der Waals surface area contributed by atoms with Crippen LogP contribution in [0.3, 0.4) is 0 Å². The number of carbonyl (C=O) groups excluding carboxylic acids is 2. The molecule has 4 rings (SSSR count). The van der Waals surface area contributed by atoms with Gasteiger partial charge < -0.3 is 24.1 Å². The smallest absolute Gasteiger partial charge is 0.326 e. The average molecular weight is 481 g/mol. The molecule has 1 N–H and O–H groups in total. The molecule has 0 spiro atoms. The number of carbonyl (C=O) groups is 2. The molecule has 34 heavy (non-hydrogen) atoms. The minimum Gasteiger partial charge on any atom is -0.495 e. The Morgan fingerprint density at radius 1 is 0.912 bits per heavy atom. The largest absolute Gasteiger partial charge is 0.495 e. The van der Waals surface area contributed by atoms with Gasteiger partial charge in [0.05, 0.1) is 36.0 Å². The van der Waals surface area contributed by atoms with E-state index in [2.05, 4.69) is 5.32 Å². The number of ether oxygens (including phenoxy) is 3. The molecule has 1 amide bonds. The van der Waals surface area contributed by atoms with Crippen LogP contribution in [-0.2, 0) is 20.9 Å². The summed E-state index contributed by atoms with van der Waals surface area (Å²) in [4.78, 5) is 37.9. The Hall–Kier alpha value is -4.04. The Morgan fingerprint density at radius 3 is 2.09 bits per heavy atom. The van der Waals surface area contributed by atoms with E-state index in [0.29, 0.717) is 44.0 Å². The van der Waals surface area contributed by atoms with E-state index in [1.807, 2.05) is 0 Å². The first-order chi connectivity index (χ1) is 16.4. The molecule has 0 saturated carbocycles. The molecule has 0 atom stereocenters. The molecular weight excluding hydrogens is 460 g/mol. The number of aromatic nitrogens is 1. The summed E-state index contributed by atoms with van der Waals surface area (Å²) in [5.74, 6) is -0.510. The van der Waals surface area contributed by atoms with Crippen LogP contribution in [0, 0.1) is 0 Å². The van der Waals surface area contributed by atoms with Crippen molar-refractivity contribution in [2.45, 2.75) is 6.54 Å². The number of hydrogen-bond acceptors (Lipinski definition) is 6. The van der Waals surface area contributed by atoms with Crippen molar-refractivity contribution in [2.24, 2.45) is 0 Å². The van der Waals surface area contributed by atoms with Crippen LogP contribution in [-0.4, -0.2) is 37.3 Å². The van der Waals surface area contributed by atoms with Crippen molar-refractivity contribution in [3.8, 4) is 11.5 Å². The van der Waals surface area contributed by atoms with E-state index in [1.54, 1.807) is 53.1 Å². The standard InChI is InChI=1S/C25H21ClN2O6/c1-32-21-12-18(22(33-2)11-17(21)26)27-23(29)14-34-24(30)13-28-19-9-5-3-7-15(19)25(31)16-8-4-6-10-20(16)28/h3-12H,13-14H2,1-2H3,(H,27,29). The molecule has 8 nitrogen and oxygen atoms in total. The van der Waals surface area contributed by atoms with Crippen molar-refractivity contribution in [3.05, 3.63) is 75.9 Å². The molecule has 0 aliphatic carbocycles. The number of hydrogen-bond donors (Lipinski definition) is 1. The first-order valence-corrected chi connectivity index (χ1v) is 10.7. The van der Waals surface area contributed by atoms with Crippen molar-refractivity contribution < 1.29 is 23.8 Å². The molecule has 0 aliphatic rings. The SMILES string of the molecule is COc1cc(NC(=O)COC(=O)Cn2c3ccccc3c(=O)c3ccccc32)c(OC)cc1Cl. The molecule has 9 heteroatoms. The first-order valence-electron chi connectivity index (χ1n) is 10.3. The second kappa shape index (κ2) is 9.84. The van der Waals surface area contributed by atoms with Gasteiger partial charge in [-0.25, -0.2) is 0 Å². The Bertz CT molecular complexity index is 1400. The summed E-state index contributed by atoms with van der Waals surface area (Å²) in [6.45, 7) is -0.685. The molecule has 0 fully saturated rings. The third-order valence-corrected chi connectivity index (χ3v) is 5.57. The second-order valence-corrected chi connectivity index (χ2v) is 7.75. The molecule has 1 aromatic heterocycles. The molecule has 0 saturated heterocycles. The number of halogens is 1. The summed E-state index contributed by atoms with van der Waals surface area (Å²) in [5, 5.41) is 3.94. The van der Waals surface area contributed by atoms with Gasteiger partial charge >= 0.3 is 5.97 Å². The highest BCUT2D eigenvalue weighted by Crippen LogP contribution is 2.35. The summed E-state index contributed by atoms with van der Waals surface area (Å²) in [5.41, 5.74) is 1.42. The molecule has 0 aliphatic heterocycles. The Labute approximate surface area is 199 Å². The van der Waals surface area contributed by atoms with Crippen LogP contribution in [0.4, 0.5) is 5.69 Å². The number of para-hydroxylation sites is 2. The van der Waals surface area contributed by atoms with Gasteiger partial charge in [-0.1, -0.05) is 35.9 Å². The zero-order chi connectivity index (χ0) is 24.2. The number of pyridine rings is 1. The van der Waals surface area contributed by atoms with Crippen LogP contribution in [0.1, 0.15) is 0 Å². The number of fused-ring (bicyclic) bond motifs is 2. The van der Waals surface area contributed by atoms with Crippen molar-refractivity contribution in [3.63, 3.8) is 0 Å². The Morgan fingerprint density at radius 2 is 1.50 bits per heavy atom. The number of anilines is 1. The number of nitrogens with zero attached hydrogens (tertiary/aromatic N) is 1. The minimum absolute atomic E-state index is 0.109. The lowest BCUT2D eigenvalue weighted by atomic mass is 10.1. The molecule has 0 unspecified atom stereocenters. The highest BCUT2D eigenvalue weighted by atomic mass is 35.5. The van der Waals surface area contributed by atoms with Crippen LogP contribution in [0.25, 0.3) is 21.8 Å². The van der Waals surface area contributed by atoms with Crippen LogP contribution in [0.2, 0.25) is 5.02 Å². The Kier molecular flexibility index (Phi) is 6.70. The van der Waals surface area contributed by atoms with E-state index >= 15 is 0 Å². The highest BCUT2D eigenvalue weighted by Gasteiger charge is 2.16. The normalized spacial score (nSPS) is 10.8. The topological polar surface area (TPSA) is 95.9 Å². The lowest BCUT2D eigenvalue weighted by Crippen LogP contribution is -2.24. The first kappa shape index (κ1) is 23.1. The van der Waals surface area contributed by atoms with E-state index in [9.17, 15) is 14.4 Å². The molecule has 0 bridgehead atoms. The quantitative estimate of drug-likeness (QED) is 0.317. The fourth-order valence-corrected chi connectivity index (χ4v) is 3.94. The predicted octanol–water partition coefficient (Wildman–Crippen LogP) is 4.01. The van der Waals surface area contributed by atoms with Crippen LogP contribution < -0.4 is 20.2 Å². The number of rotatable bonds is 7. The van der Waals surface area contributed by atoms with Gasteiger partial charge in [0.15, 0.2) is 12.0 Å². The summed E-state index contributed by atoms with van der Waals surface area (Å²) in [6, 6.07) is 17.1. The van der Waals surface area contributed by atoms with Crippen molar-refractivity contribution >= 4 is 51.0 Å². The third kappa shape index (κ3) is 4.53. The van der Waals surface area contributed by atoms with Gasteiger partial charge in [0.25, 0.3) is 5.91 Å².